The summed E-state index contributed by atoms with van der Waals surface area (Å²) in [4.78, 5) is 22.7. The van der Waals surface area contributed by atoms with Crippen LogP contribution in [0.15, 0.2) is 18.2 Å². The number of carboxylic acid groups (broad SMARTS) is 1. The Kier molecular flexibility index (Phi) is 5.36. The lowest BCUT2D eigenvalue weighted by Gasteiger charge is -2.15. The van der Waals surface area contributed by atoms with Crippen LogP contribution in [0.1, 0.15) is 30.4 Å². The molecule has 0 aromatic heterocycles. The van der Waals surface area contributed by atoms with Crippen LogP contribution in [0.2, 0.25) is 0 Å². The fourth-order valence-corrected chi connectivity index (χ4v) is 1.93. The lowest BCUT2D eigenvalue weighted by molar-refractivity contribution is -0.140. The molecule has 0 aliphatic rings. The summed E-state index contributed by atoms with van der Waals surface area (Å²) < 4.78 is 5.21. The molecule has 1 rings (SSSR count). The van der Waals surface area contributed by atoms with Gasteiger partial charge in [0.15, 0.2) is 0 Å². The van der Waals surface area contributed by atoms with Crippen molar-refractivity contribution in [2.24, 2.45) is 0 Å². The minimum Gasteiger partial charge on any atom is -0.496 e. The number of nitrogens with one attached hydrogen (secondary N) is 1. The minimum absolute atomic E-state index is 0.0681. The molecule has 0 aliphatic carbocycles. The number of methoxy groups -OCH3 is 1. The normalized spacial score (nSPS) is 11.7. The maximum Gasteiger partial charge on any atom is 0.311 e. The fraction of sp³-hybridized carbons (Fsp3) is 0.429. The first kappa shape index (κ1) is 15.0. The van der Waals surface area contributed by atoms with Crippen LogP contribution in [0.3, 0.4) is 0 Å². The fourth-order valence-electron chi connectivity index (χ4n) is 1.93. The molecule has 1 atom stereocenters. The highest BCUT2D eigenvalue weighted by atomic mass is 16.5. The van der Waals surface area contributed by atoms with E-state index in [1.165, 1.54) is 7.05 Å². The van der Waals surface area contributed by atoms with Gasteiger partial charge in [0.2, 0.25) is 5.91 Å². The zero-order chi connectivity index (χ0) is 14.4. The van der Waals surface area contributed by atoms with Gasteiger partial charge in [-0.05, 0) is 23.6 Å². The van der Waals surface area contributed by atoms with Gasteiger partial charge in [-0.25, -0.2) is 0 Å². The zero-order valence-electron chi connectivity index (χ0n) is 11.4. The molecular weight excluding hydrogens is 246 g/mol. The number of benzene rings is 1. The van der Waals surface area contributed by atoms with Crippen molar-refractivity contribution in [2.45, 2.75) is 25.7 Å². The first-order valence-corrected chi connectivity index (χ1v) is 6.13. The van der Waals surface area contributed by atoms with Crippen molar-refractivity contribution in [3.8, 4) is 5.75 Å². The Hall–Kier alpha value is -2.04. The molecule has 0 fully saturated rings. The van der Waals surface area contributed by atoms with Gasteiger partial charge in [-0.2, -0.15) is 0 Å². The van der Waals surface area contributed by atoms with Crippen molar-refractivity contribution >= 4 is 11.9 Å². The van der Waals surface area contributed by atoms with E-state index in [0.717, 1.165) is 17.7 Å². The summed E-state index contributed by atoms with van der Waals surface area (Å²) in [7, 11) is 3.07. The third kappa shape index (κ3) is 3.71. The summed E-state index contributed by atoms with van der Waals surface area (Å²) in [6.07, 6.45) is 0.671. The summed E-state index contributed by atoms with van der Waals surface area (Å²) in [5, 5.41) is 11.7. The third-order valence-corrected chi connectivity index (χ3v) is 3.05. The molecule has 0 radical (unpaired) electrons. The molecule has 0 saturated heterocycles. The molecule has 5 nitrogen and oxygen atoms in total. The summed E-state index contributed by atoms with van der Waals surface area (Å²) >= 11 is 0. The summed E-state index contributed by atoms with van der Waals surface area (Å²) in [6, 6.07) is 5.23. The molecule has 104 valence electrons. The molecule has 1 unspecified atom stereocenters. The largest absolute Gasteiger partial charge is 0.496 e. The Morgan fingerprint density at radius 3 is 2.58 bits per heavy atom. The van der Waals surface area contributed by atoms with Gasteiger partial charge in [0.25, 0.3) is 0 Å². The lowest BCUT2D eigenvalue weighted by Crippen LogP contribution is -2.24. The molecule has 5 heteroatoms. The quantitative estimate of drug-likeness (QED) is 0.818. The van der Waals surface area contributed by atoms with E-state index in [4.69, 9.17) is 4.74 Å². The number of hydrogen-bond acceptors (Lipinski definition) is 3. The van der Waals surface area contributed by atoms with E-state index in [2.05, 4.69) is 5.32 Å². The van der Waals surface area contributed by atoms with Gasteiger partial charge < -0.3 is 15.2 Å². The standard InChI is InChI=1S/C14H19NO4/c1-4-9-7-10(5-6-12(9)19-3)11(14(17)18)8-13(16)15-2/h5-7,11H,4,8H2,1-3H3,(H,15,16)(H,17,18). The highest BCUT2D eigenvalue weighted by Crippen LogP contribution is 2.27. The van der Waals surface area contributed by atoms with Crippen molar-refractivity contribution in [3.63, 3.8) is 0 Å². The average Bonchev–Trinajstić information content (AvgIpc) is 2.43. The monoisotopic (exact) mass is 265 g/mol. The molecule has 0 bridgehead atoms. The van der Waals surface area contributed by atoms with Gasteiger partial charge in [-0.15, -0.1) is 0 Å². The topological polar surface area (TPSA) is 75.6 Å². The van der Waals surface area contributed by atoms with Gasteiger partial charge in [0, 0.05) is 13.5 Å². The molecule has 0 saturated carbocycles. The number of hydrogen-bond donors (Lipinski definition) is 2. The van der Waals surface area contributed by atoms with Crippen molar-refractivity contribution in [1.29, 1.82) is 0 Å². The predicted molar refractivity (Wildman–Crippen MR) is 71.4 cm³/mol. The van der Waals surface area contributed by atoms with E-state index in [-0.39, 0.29) is 12.3 Å². The first-order chi connectivity index (χ1) is 9.03. The SMILES string of the molecule is CCc1cc(C(CC(=O)NC)C(=O)O)ccc1OC. The van der Waals surface area contributed by atoms with Crippen molar-refractivity contribution < 1.29 is 19.4 Å². The van der Waals surface area contributed by atoms with E-state index in [0.29, 0.717) is 5.56 Å². The molecule has 0 spiro atoms. The maximum atomic E-state index is 11.4. The number of carbonyl (C=O) groups excluding carboxylic acids is 1. The van der Waals surface area contributed by atoms with Crippen LogP contribution in [0, 0.1) is 0 Å². The van der Waals surface area contributed by atoms with Crippen molar-refractivity contribution in [2.75, 3.05) is 14.2 Å². The first-order valence-electron chi connectivity index (χ1n) is 6.13. The summed E-state index contributed by atoms with van der Waals surface area (Å²) in [5.41, 5.74) is 1.55. The third-order valence-electron chi connectivity index (χ3n) is 3.05. The Labute approximate surface area is 112 Å². The van der Waals surface area contributed by atoms with E-state index >= 15 is 0 Å². The second-order valence-electron chi connectivity index (χ2n) is 4.19. The maximum absolute atomic E-state index is 11.4. The van der Waals surface area contributed by atoms with Crippen LogP contribution in [-0.2, 0) is 16.0 Å². The number of aryl methyl sites for hydroxylation is 1. The molecule has 1 aromatic carbocycles. The zero-order valence-corrected chi connectivity index (χ0v) is 11.4. The smallest absolute Gasteiger partial charge is 0.311 e. The molecule has 1 aromatic rings. The van der Waals surface area contributed by atoms with Crippen molar-refractivity contribution in [1.82, 2.24) is 5.32 Å². The van der Waals surface area contributed by atoms with Crippen LogP contribution in [0.5, 0.6) is 5.75 Å². The minimum atomic E-state index is -1.00. The molecule has 19 heavy (non-hydrogen) atoms. The highest BCUT2D eigenvalue weighted by molar-refractivity contribution is 5.85. The number of carbonyl (C=O) groups is 2. The molecular formula is C14H19NO4. The summed E-state index contributed by atoms with van der Waals surface area (Å²) in [6.45, 7) is 1.97. The Balaban J connectivity index is 3.09. The van der Waals surface area contributed by atoms with Gasteiger partial charge >= 0.3 is 5.97 Å². The van der Waals surface area contributed by atoms with Crippen LogP contribution in [0.25, 0.3) is 0 Å². The molecule has 0 aliphatic heterocycles. The Morgan fingerprint density at radius 2 is 2.11 bits per heavy atom. The van der Waals surface area contributed by atoms with E-state index < -0.39 is 11.9 Å². The van der Waals surface area contributed by atoms with Crippen LogP contribution in [-0.4, -0.2) is 31.1 Å². The van der Waals surface area contributed by atoms with Crippen LogP contribution < -0.4 is 10.1 Å². The number of amides is 1. The van der Waals surface area contributed by atoms with E-state index in [1.54, 1.807) is 25.3 Å². The van der Waals surface area contributed by atoms with Gasteiger partial charge in [-0.3, -0.25) is 9.59 Å². The Bertz CT molecular complexity index is 471. The second kappa shape index (κ2) is 6.78. The van der Waals surface area contributed by atoms with Crippen molar-refractivity contribution in [3.05, 3.63) is 29.3 Å². The highest BCUT2D eigenvalue weighted by Gasteiger charge is 2.23. The number of rotatable bonds is 6. The predicted octanol–water partition coefficient (Wildman–Crippen LogP) is 1.56. The second-order valence-corrected chi connectivity index (χ2v) is 4.19. The van der Waals surface area contributed by atoms with Crippen LogP contribution in [0.4, 0.5) is 0 Å². The van der Waals surface area contributed by atoms with Gasteiger partial charge in [0.05, 0.1) is 13.0 Å². The number of carboxylic acids is 1. The Morgan fingerprint density at radius 1 is 1.42 bits per heavy atom. The molecule has 0 heterocycles. The number of aliphatic carboxylic acids is 1. The van der Waals surface area contributed by atoms with E-state index in [9.17, 15) is 14.7 Å². The van der Waals surface area contributed by atoms with Crippen LogP contribution >= 0.6 is 0 Å². The molecule has 2 N–H and O–H groups in total. The summed E-state index contributed by atoms with van der Waals surface area (Å²) in [5.74, 6) is -1.40. The molecule has 1 amide bonds. The lowest BCUT2D eigenvalue weighted by atomic mass is 9.93. The van der Waals surface area contributed by atoms with Gasteiger partial charge in [-0.1, -0.05) is 19.1 Å². The van der Waals surface area contributed by atoms with E-state index in [1.807, 2.05) is 6.92 Å². The number of ether oxygens (including phenoxy) is 1. The van der Waals surface area contributed by atoms with Gasteiger partial charge in [0.1, 0.15) is 5.75 Å². The average molecular weight is 265 g/mol.